The van der Waals surface area contributed by atoms with Crippen molar-refractivity contribution in [3.8, 4) is 5.75 Å². The third-order valence-corrected chi connectivity index (χ3v) is 2.98. The molecule has 0 aromatic heterocycles. The molecule has 0 saturated carbocycles. The van der Waals surface area contributed by atoms with Gasteiger partial charge in [-0.15, -0.1) is 0 Å². The number of ether oxygens (including phenoxy) is 1. The van der Waals surface area contributed by atoms with E-state index in [0.717, 1.165) is 11.1 Å². The van der Waals surface area contributed by atoms with Crippen LogP contribution in [0.25, 0.3) is 0 Å². The number of halogens is 1. The SMILES string of the molecule is Cc1ccc(COc2cc(F)ccc2C(C)N)cc1. The quantitative estimate of drug-likeness (QED) is 0.908. The van der Waals surface area contributed by atoms with Gasteiger partial charge in [0, 0.05) is 17.7 Å². The number of aryl methyl sites for hydroxylation is 1. The second-order valence-corrected chi connectivity index (χ2v) is 4.75. The van der Waals surface area contributed by atoms with Gasteiger partial charge in [0.15, 0.2) is 0 Å². The average Bonchev–Trinajstić information content (AvgIpc) is 2.38. The molecule has 0 aliphatic carbocycles. The molecule has 100 valence electrons. The summed E-state index contributed by atoms with van der Waals surface area (Å²) in [5, 5.41) is 0. The van der Waals surface area contributed by atoms with Crippen molar-refractivity contribution in [1.29, 1.82) is 0 Å². The van der Waals surface area contributed by atoms with E-state index in [-0.39, 0.29) is 11.9 Å². The average molecular weight is 259 g/mol. The Labute approximate surface area is 113 Å². The molecule has 2 nitrogen and oxygen atoms in total. The molecule has 1 atom stereocenters. The zero-order chi connectivity index (χ0) is 13.8. The smallest absolute Gasteiger partial charge is 0.127 e. The van der Waals surface area contributed by atoms with Crippen LogP contribution in [0.1, 0.15) is 29.7 Å². The predicted molar refractivity (Wildman–Crippen MR) is 74.5 cm³/mol. The van der Waals surface area contributed by atoms with Crippen LogP contribution in [0.5, 0.6) is 5.75 Å². The van der Waals surface area contributed by atoms with E-state index < -0.39 is 0 Å². The molecule has 3 heteroatoms. The summed E-state index contributed by atoms with van der Waals surface area (Å²) >= 11 is 0. The highest BCUT2D eigenvalue weighted by atomic mass is 19.1. The largest absolute Gasteiger partial charge is 0.488 e. The Bertz CT molecular complexity index is 549. The van der Waals surface area contributed by atoms with Crippen molar-refractivity contribution < 1.29 is 9.13 Å². The van der Waals surface area contributed by atoms with Gasteiger partial charge in [-0.3, -0.25) is 0 Å². The Morgan fingerprint density at radius 2 is 1.84 bits per heavy atom. The molecular weight excluding hydrogens is 241 g/mol. The molecule has 2 rings (SSSR count). The van der Waals surface area contributed by atoms with Crippen molar-refractivity contribution in [2.45, 2.75) is 26.5 Å². The standard InChI is InChI=1S/C16H18FNO/c1-11-3-5-13(6-4-11)10-19-16-9-14(17)7-8-15(16)12(2)18/h3-9,12H,10,18H2,1-2H3. The van der Waals surface area contributed by atoms with Crippen molar-refractivity contribution in [3.05, 3.63) is 65.0 Å². The normalized spacial score (nSPS) is 12.2. The lowest BCUT2D eigenvalue weighted by molar-refractivity contribution is 0.300. The Morgan fingerprint density at radius 1 is 1.16 bits per heavy atom. The van der Waals surface area contributed by atoms with Crippen LogP contribution in [-0.2, 0) is 6.61 Å². The van der Waals surface area contributed by atoms with Gasteiger partial charge in [-0.2, -0.15) is 0 Å². The summed E-state index contributed by atoms with van der Waals surface area (Å²) in [6, 6.07) is 12.3. The zero-order valence-corrected chi connectivity index (χ0v) is 11.2. The van der Waals surface area contributed by atoms with Gasteiger partial charge in [-0.25, -0.2) is 4.39 Å². The lowest BCUT2D eigenvalue weighted by Crippen LogP contribution is -2.08. The van der Waals surface area contributed by atoms with Crippen LogP contribution < -0.4 is 10.5 Å². The fourth-order valence-corrected chi connectivity index (χ4v) is 1.85. The molecule has 2 aromatic rings. The molecule has 2 N–H and O–H groups in total. The first-order valence-electron chi connectivity index (χ1n) is 6.29. The van der Waals surface area contributed by atoms with Crippen molar-refractivity contribution in [2.24, 2.45) is 5.73 Å². The Kier molecular flexibility index (Phi) is 4.17. The van der Waals surface area contributed by atoms with Crippen LogP contribution in [0.4, 0.5) is 4.39 Å². The molecule has 0 aliphatic heterocycles. The molecule has 2 aromatic carbocycles. The van der Waals surface area contributed by atoms with Crippen molar-refractivity contribution >= 4 is 0 Å². The molecule has 0 fully saturated rings. The highest BCUT2D eigenvalue weighted by Gasteiger charge is 2.09. The molecule has 0 radical (unpaired) electrons. The molecule has 0 spiro atoms. The van der Waals surface area contributed by atoms with E-state index >= 15 is 0 Å². The van der Waals surface area contributed by atoms with E-state index in [0.29, 0.717) is 12.4 Å². The topological polar surface area (TPSA) is 35.2 Å². The summed E-state index contributed by atoms with van der Waals surface area (Å²) < 4.78 is 19.0. The van der Waals surface area contributed by atoms with Gasteiger partial charge >= 0.3 is 0 Å². The van der Waals surface area contributed by atoms with Gasteiger partial charge in [-0.05, 0) is 25.5 Å². The maximum absolute atomic E-state index is 13.3. The highest BCUT2D eigenvalue weighted by molar-refractivity contribution is 5.36. The minimum absolute atomic E-state index is 0.186. The zero-order valence-electron chi connectivity index (χ0n) is 11.2. The van der Waals surface area contributed by atoms with Gasteiger partial charge in [0.1, 0.15) is 18.2 Å². The molecule has 0 bridgehead atoms. The van der Waals surface area contributed by atoms with Crippen LogP contribution >= 0.6 is 0 Å². The lowest BCUT2D eigenvalue weighted by Gasteiger charge is -2.14. The fourth-order valence-electron chi connectivity index (χ4n) is 1.85. The van der Waals surface area contributed by atoms with Crippen LogP contribution in [0, 0.1) is 12.7 Å². The molecular formula is C16H18FNO. The minimum Gasteiger partial charge on any atom is -0.488 e. The Morgan fingerprint density at radius 3 is 2.47 bits per heavy atom. The van der Waals surface area contributed by atoms with E-state index in [4.69, 9.17) is 10.5 Å². The number of rotatable bonds is 4. The lowest BCUT2D eigenvalue weighted by atomic mass is 10.1. The third-order valence-electron chi connectivity index (χ3n) is 2.98. The predicted octanol–water partition coefficient (Wildman–Crippen LogP) is 3.73. The summed E-state index contributed by atoms with van der Waals surface area (Å²) in [7, 11) is 0. The Balaban J connectivity index is 2.14. The summed E-state index contributed by atoms with van der Waals surface area (Å²) in [4.78, 5) is 0. The van der Waals surface area contributed by atoms with Gasteiger partial charge in [0.2, 0.25) is 0 Å². The van der Waals surface area contributed by atoms with E-state index in [1.54, 1.807) is 6.07 Å². The summed E-state index contributed by atoms with van der Waals surface area (Å²) in [5.74, 6) is 0.193. The van der Waals surface area contributed by atoms with Crippen molar-refractivity contribution in [2.75, 3.05) is 0 Å². The van der Waals surface area contributed by atoms with Gasteiger partial charge in [0.05, 0.1) is 0 Å². The van der Waals surface area contributed by atoms with Gasteiger partial charge in [-0.1, -0.05) is 35.9 Å². The third kappa shape index (κ3) is 3.55. The first-order valence-corrected chi connectivity index (χ1v) is 6.29. The number of hydrogen-bond acceptors (Lipinski definition) is 2. The van der Waals surface area contributed by atoms with Crippen molar-refractivity contribution in [1.82, 2.24) is 0 Å². The number of nitrogens with two attached hydrogens (primary N) is 1. The summed E-state index contributed by atoms with van der Waals surface area (Å²) in [6.45, 7) is 4.29. The first-order chi connectivity index (χ1) is 9.06. The second-order valence-electron chi connectivity index (χ2n) is 4.75. The van der Waals surface area contributed by atoms with Crippen LogP contribution in [0.2, 0.25) is 0 Å². The Hall–Kier alpha value is -1.87. The number of benzene rings is 2. The molecule has 0 amide bonds. The van der Waals surface area contributed by atoms with E-state index in [2.05, 4.69) is 0 Å². The molecule has 0 heterocycles. The minimum atomic E-state index is -0.316. The van der Waals surface area contributed by atoms with Crippen LogP contribution in [-0.4, -0.2) is 0 Å². The van der Waals surface area contributed by atoms with Gasteiger partial charge < -0.3 is 10.5 Å². The number of hydrogen-bond donors (Lipinski definition) is 1. The fraction of sp³-hybridized carbons (Fsp3) is 0.250. The highest BCUT2D eigenvalue weighted by Crippen LogP contribution is 2.25. The van der Waals surface area contributed by atoms with Crippen LogP contribution in [0.3, 0.4) is 0 Å². The summed E-state index contributed by atoms with van der Waals surface area (Å²) in [5.41, 5.74) is 8.91. The maximum Gasteiger partial charge on any atom is 0.127 e. The first kappa shape index (κ1) is 13.6. The molecule has 0 saturated heterocycles. The molecule has 1 unspecified atom stereocenters. The monoisotopic (exact) mass is 259 g/mol. The maximum atomic E-state index is 13.3. The van der Waals surface area contributed by atoms with Gasteiger partial charge in [0.25, 0.3) is 0 Å². The van der Waals surface area contributed by atoms with E-state index in [1.807, 2.05) is 38.1 Å². The van der Waals surface area contributed by atoms with E-state index in [9.17, 15) is 4.39 Å². The second kappa shape index (κ2) is 5.85. The van der Waals surface area contributed by atoms with E-state index in [1.165, 1.54) is 17.7 Å². The molecule has 19 heavy (non-hydrogen) atoms. The van der Waals surface area contributed by atoms with Crippen LogP contribution in [0.15, 0.2) is 42.5 Å². The summed E-state index contributed by atoms with van der Waals surface area (Å²) in [6.07, 6.45) is 0. The molecule has 0 aliphatic rings. The van der Waals surface area contributed by atoms with Crippen molar-refractivity contribution in [3.63, 3.8) is 0 Å².